The molecule has 0 spiro atoms. The standard InChI is InChI=1S/C9H16O3/c1-3-5-6-7-8(12-7)9(11-6)10-4-2/h6-9H,3-5H2,1-2H3/t6-,7-,8-,9?/m1/s1. The fourth-order valence-corrected chi connectivity index (χ4v) is 1.80. The van der Waals surface area contributed by atoms with Crippen LogP contribution in [0.4, 0.5) is 0 Å². The first-order valence-electron chi connectivity index (χ1n) is 4.79. The van der Waals surface area contributed by atoms with Gasteiger partial charge in [0.2, 0.25) is 0 Å². The Morgan fingerprint density at radius 1 is 1.17 bits per heavy atom. The van der Waals surface area contributed by atoms with Crippen LogP contribution in [0.5, 0.6) is 0 Å². The maximum absolute atomic E-state index is 5.66. The molecule has 2 heterocycles. The van der Waals surface area contributed by atoms with E-state index in [0.29, 0.717) is 12.7 Å². The van der Waals surface area contributed by atoms with E-state index in [1.807, 2.05) is 6.92 Å². The lowest BCUT2D eigenvalue weighted by atomic mass is 10.1. The monoisotopic (exact) mass is 172 g/mol. The molecule has 3 nitrogen and oxygen atoms in total. The Balaban J connectivity index is 1.82. The molecule has 3 heteroatoms. The van der Waals surface area contributed by atoms with E-state index < -0.39 is 0 Å². The summed E-state index contributed by atoms with van der Waals surface area (Å²) < 4.78 is 16.5. The van der Waals surface area contributed by atoms with Crippen LogP contribution in [-0.2, 0) is 14.2 Å². The van der Waals surface area contributed by atoms with Gasteiger partial charge in [0.05, 0.1) is 6.10 Å². The molecule has 12 heavy (non-hydrogen) atoms. The van der Waals surface area contributed by atoms with Gasteiger partial charge in [-0.05, 0) is 13.3 Å². The van der Waals surface area contributed by atoms with Gasteiger partial charge >= 0.3 is 0 Å². The van der Waals surface area contributed by atoms with Gasteiger partial charge in [-0.25, -0.2) is 0 Å². The van der Waals surface area contributed by atoms with Crippen LogP contribution < -0.4 is 0 Å². The van der Waals surface area contributed by atoms with Crippen molar-refractivity contribution >= 4 is 0 Å². The lowest BCUT2D eigenvalue weighted by molar-refractivity contribution is -0.171. The predicted octanol–water partition coefficient (Wildman–Crippen LogP) is 1.32. The lowest BCUT2D eigenvalue weighted by Gasteiger charge is -2.16. The van der Waals surface area contributed by atoms with Crippen molar-refractivity contribution in [1.82, 2.24) is 0 Å². The van der Waals surface area contributed by atoms with Crippen LogP contribution >= 0.6 is 0 Å². The Bertz CT molecular complexity index is 144. The number of epoxide rings is 1. The number of hydrogen-bond acceptors (Lipinski definition) is 3. The summed E-state index contributed by atoms with van der Waals surface area (Å²) >= 11 is 0. The highest BCUT2D eigenvalue weighted by Gasteiger charge is 2.58. The van der Waals surface area contributed by atoms with Crippen LogP contribution in [-0.4, -0.2) is 31.2 Å². The third-order valence-electron chi connectivity index (χ3n) is 2.41. The third-order valence-corrected chi connectivity index (χ3v) is 2.41. The SMILES string of the molecule is CCC[C@H]1OC(OCC)[C@@H]2O[C@H]12. The van der Waals surface area contributed by atoms with E-state index in [4.69, 9.17) is 14.2 Å². The van der Waals surface area contributed by atoms with E-state index in [0.717, 1.165) is 12.8 Å². The largest absolute Gasteiger partial charge is 0.361 e. The van der Waals surface area contributed by atoms with E-state index in [-0.39, 0.29) is 18.5 Å². The first kappa shape index (κ1) is 8.48. The zero-order valence-electron chi connectivity index (χ0n) is 7.66. The van der Waals surface area contributed by atoms with Crippen molar-refractivity contribution in [2.45, 2.75) is 51.3 Å². The van der Waals surface area contributed by atoms with E-state index in [2.05, 4.69) is 6.92 Å². The topological polar surface area (TPSA) is 31.0 Å². The normalized spacial score (nSPS) is 44.5. The van der Waals surface area contributed by atoms with Gasteiger partial charge in [-0.15, -0.1) is 0 Å². The number of rotatable bonds is 4. The van der Waals surface area contributed by atoms with Crippen molar-refractivity contribution in [1.29, 1.82) is 0 Å². The van der Waals surface area contributed by atoms with Gasteiger partial charge in [-0.1, -0.05) is 13.3 Å². The van der Waals surface area contributed by atoms with Crippen LogP contribution in [0.3, 0.4) is 0 Å². The summed E-state index contributed by atoms with van der Waals surface area (Å²) in [5.41, 5.74) is 0. The average Bonchev–Trinajstić information content (AvgIpc) is 2.76. The Hall–Kier alpha value is -0.120. The molecule has 2 rings (SSSR count). The second-order valence-electron chi connectivity index (χ2n) is 3.35. The lowest BCUT2D eigenvalue weighted by Crippen LogP contribution is -2.22. The highest BCUT2D eigenvalue weighted by atomic mass is 16.8. The zero-order chi connectivity index (χ0) is 8.55. The molecule has 2 saturated heterocycles. The molecule has 0 amide bonds. The molecule has 0 radical (unpaired) electrons. The molecule has 0 aromatic carbocycles. The van der Waals surface area contributed by atoms with Gasteiger partial charge in [0.1, 0.15) is 12.2 Å². The van der Waals surface area contributed by atoms with Gasteiger partial charge in [-0.3, -0.25) is 0 Å². The van der Waals surface area contributed by atoms with Crippen LogP contribution in [0.2, 0.25) is 0 Å². The summed E-state index contributed by atoms with van der Waals surface area (Å²) in [4.78, 5) is 0. The highest BCUT2D eigenvalue weighted by Crippen LogP contribution is 2.41. The summed E-state index contributed by atoms with van der Waals surface area (Å²) in [6.07, 6.45) is 3.01. The zero-order valence-corrected chi connectivity index (χ0v) is 7.66. The highest BCUT2D eigenvalue weighted by molar-refractivity contribution is 4.99. The molecular formula is C9H16O3. The van der Waals surface area contributed by atoms with E-state index in [1.165, 1.54) is 0 Å². The van der Waals surface area contributed by atoms with Crippen molar-refractivity contribution in [2.75, 3.05) is 6.61 Å². The summed E-state index contributed by atoms with van der Waals surface area (Å²) in [5, 5.41) is 0. The fraction of sp³-hybridized carbons (Fsp3) is 1.00. The minimum absolute atomic E-state index is 0.0865. The second kappa shape index (κ2) is 3.32. The van der Waals surface area contributed by atoms with Gasteiger partial charge in [0.25, 0.3) is 0 Å². The van der Waals surface area contributed by atoms with Crippen molar-refractivity contribution in [3.8, 4) is 0 Å². The van der Waals surface area contributed by atoms with E-state index >= 15 is 0 Å². The maximum Gasteiger partial charge on any atom is 0.186 e. The molecule has 0 saturated carbocycles. The number of hydrogen-bond donors (Lipinski definition) is 0. The maximum atomic E-state index is 5.66. The number of fused-ring (bicyclic) bond motifs is 1. The molecule has 4 atom stereocenters. The van der Waals surface area contributed by atoms with Crippen molar-refractivity contribution in [2.24, 2.45) is 0 Å². The van der Waals surface area contributed by atoms with E-state index in [1.54, 1.807) is 0 Å². The van der Waals surface area contributed by atoms with Crippen molar-refractivity contribution < 1.29 is 14.2 Å². The first-order valence-corrected chi connectivity index (χ1v) is 4.79. The van der Waals surface area contributed by atoms with Gasteiger partial charge in [0.15, 0.2) is 6.29 Å². The Labute approximate surface area is 73.0 Å². The molecule has 70 valence electrons. The van der Waals surface area contributed by atoms with Crippen LogP contribution in [0, 0.1) is 0 Å². The third kappa shape index (κ3) is 1.37. The summed E-state index contributed by atoms with van der Waals surface area (Å²) in [6, 6.07) is 0. The molecular weight excluding hydrogens is 156 g/mol. The minimum atomic E-state index is -0.0865. The van der Waals surface area contributed by atoms with Gasteiger partial charge in [-0.2, -0.15) is 0 Å². The van der Waals surface area contributed by atoms with Crippen LogP contribution in [0.1, 0.15) is 26.7 Å². The van der Waals surface area contributed by atoms with Crippen LogP contribution in [0.15, 0.2) is 0 Å². The predicted molar refractivity (Wildman–Crippen MR) is 43.9 cm³/mol. The summed E-state index contributed by atoms with van der Waals surface area (Å²) in [6.45, 7) is 4.85. The molecule has 2 fully saturated rings. The molecule has 0 aliphatic carbocycles. The second-order valence-corrected chi connectivity index (χ2v) is 3.35. The molecule has 0 bridgehead atoms. The quantitative estimate of drug-likeness (QED) is 0.599. The molecule has 0 aromatic heterocycles. The average molecular weight is 172 g/mol. The molecule has 2 aliphatic heterocycles. The summed E-state index contributed by atoms with van der Waals surface area (Å²) in [7, 11) is 0. The molecule has 0 N–H and O–H groups in total. The Morgan fingerprint density at radius 2 is 2.00 bits per heavy atom. The fourth-order valence-electron chi connectivity index (χ4n) is 1.80. The molecule has 1 unspecified atom stereocenters. The van der Waals surface area contributed by atoms with Crippen LogP contribution in [0.25, 0.3) is 0 Å². The Morgan fingerprint density at radius 3 is 2.67 bits per heavy atom. The van der Waals surface area contributed by atoms with Crippen molar-refractivity contribution in [3.05, 3.63) is 0 Å². The first-order chi connectivity index (χ1) is 5.86. The minimum Gasteiger partial charge on any atom is -0.361 e. The van der Waals surface area contributed by atoms with Crippen molar-refractivity contribution in [3.63, 3.8) is 0 Å². The smallest absolute Gasteiger partial charge is 0.186 e. The Kier molecular flexibility index (Phi) is 2.35. The van der Waals surface area contributed by atoms with Gasteiger partial charge in [0, 0.05) is 6.61 Å². The van der Waals surface area contributed by atoms with Gasteiger partial charge < -0.3 is 14.2 Å². The molecule has 0 aromatic rings. The number of ether oxygens (including phenoxy) is 3. The van der Waals surface area contributed by atoms with E-state index in [9.17, 15) is 0 Å². The molecule has 2 aliphatic rings. The summed E-state index contributed by atoms with van der Waals surface area (Å²) in [5.74, 6) is 0.